The lowest BCUT2D eigenvalue weighted by Crippen LogP contribution is -2.65. The molecule has 1 heterocycles. The van der Waals surface area contributed by atoms with E-state index in [0.29, 0.717) is 36.3 Å². The lowest BCUT2D eigenvalue weighted by molar-refractivity contribution is -0.228. The van der Waals surface area contributed by atoms with Crippen LogP contribution in [0.5, 0.6) is 0 Å². The molecule has 33 heavy (non-hydrogen) atoms. The molecule has 3 N–H and O–H groups in total. The number of hydrogen-bond acceptors (Lipinski definition) is 6. The number of aliphatic imine (C=N–C) groups is 1. The van der Waals surface area contributed by atoms with Crippen molar-refractivity contribution in [3.8, 4) is 0 Å². The fourth-order valence-corrected chi connectivity index (χ4v) is 9.83. The zero-order chi connectivity index (χ0) is 23.5. The quantitative estimate of drug-likeness (QED) is 0.550. The van der Waals surface area contributed by atoms with Crippen LogP contribution in [-0.2, 0) is 0 Å². The van der Waals surface area contributed by atoms with E-state index in [4.69, 9.17) is 0 Å². The molecule has 6 nitrogen and oxygen atoms in total. The molecule has 0 spiro atoms. The minimum Gasteiger partial charge on any atom is -0.393 e. The standard InChI is InChI=1S/C27H45N3O3/c1-5-17-20-12-16(31)10-11-26(20,3)21-13-22(32)27(4)18(7-8-19(27)24(21)25(17)33)15(2)6-9-23-28-14-29-30-23/h15-22,24-25,31-33H,5-14H2,1-4H3/t15-,16-,17-,18-,19?,20+,21?,22+,24?,25-,26+,27-/m1/s1. The number of aliphatic hydroxyl groups excluding tert-OH is 3. The van der Waals surface area contributed by atoms with E-state index in [2.05, 4.69) is 42.9 Å². The normalized spacial score (nSPS) is 52.1. The summed E-state index contributed by atoms with van der Waals surface area (Å²) in [5.41, 5.74) is -0.0301. The molecule has 6 heteroatoms. The van der Waals surface area contributed by atoms with Gasteiger partial charge in [-0.15, -0.1) is 5.11 Å². The third kappa shape index (κ3) is 3.57. The maximum atomic E-state index is 11.8. The monoisotopic (exact) mass is 459 g/mol. The van der Waals surface area contributed by atoms with E-state index < -0.39 is 0 Å². The van der Waals surface area contributed by atoms with E-state index in [1.807, 2.05) is 0 Å². The van der Waals surface area contributed by atoms with E-state index in [1.165, 1.54) is 0 Å². The van der Waals surface area contributed by atoms with Gasteiger partial charge in [0.05, 0.1) is 18.3 Å². The van der Waals surface area contributed by atoms with Gasteiger partial charge in [0.25, 0.3) is 0 Å². The van der Waals surface area contributed by atoms with Crippen LogP contribution in [0.25, 0.3) is 0 Å². The maximum absolute atomic E-state index is 11.8. The molecule has 12 atom stereocenters. The summed E-state index contributed by atoms with van der Waals surface area (Å²) < 4.78 is 0. The Balaban J connectivity index is 1.42. The number of hydrogen-bond donors (Lipinski definition) is 3. The number of nitrogens with zero attached hydrogens (tertiary/aromatic N) is 3. The Labute approximate surface area is 199 Å². The molecule has 3 unspecified atom stereocenters. The van der Waals surface area contributed by atoms with Crippen LogP contribution in [-0.4, -0.2) is 46.1 Å². The van der Waals surface area contributed by atoms with Crippen molar-refractivity contribution in [2.45, 2.75) is 104 Å². The van der Waals surface area contributed by atoms with Crippen LogP contribution in [0.15, 0.2) is 15.2 Å². The molecular weight excluding hydrogens is 414 g/mol. The van der Waals surface area contributed by atoms with Gasteiger partial charge in [-0.05, 0) is 97.2 Å². The van der Waals surface area contributed by atoms with E-state index >= 15 is 0 Å². The fourth-order valence-electron chi connectivity index (χ4n) is 9.83. The Morgan fingerprint density at radius 3 is 2.52 bits per heavy atom. The van der Waals surface area contributed by atoms with Gasteiger partial charge >= 0.3 is 0 Å². The second-order valence-electron chi connectivity index (χ2n) is 12.7. The van der Waals surface area contributed by atoms with Crippen LogP contribution < -0.4 is 0 Å². The third-order valence-corrected chi connectivity index (χ3v) is 11.6. The summed E-state index contributed by atoms with van der Waals surface area (Å²) in [7, 11) is 0. The Morgan fingerprint density at radius 2 is 1.82 bits per heavy atom. The van der Waals surface area contributed by atoms with Crippen LogP contribution in [0, 0.1) is 52.3 Å². The first-order valence-corrected chi connectivity index (χ1v) is 13.7. The molecule has 4 saturated carbocycles. The average Bonchev–Trinajstić information content (AvgIpc) is 3.43. The third-order valence-electron chi connectivity index (χ3n) is 11.6. The summed E-state index contributed by atoms with van der Waals surface area (Å²) in [5.74, 6) is 3.43. The average molecular weight is 460 g/mol. The largest absolute Gasteiger partial charge is 0.393 e. The molecule has 0 aromatic rings. The number of azo groups is 1. The zero-order valence-corrected chi connectivity index (χ0v) is 21.0. The fraction of sp³-hybridized carbons (Fsp3) is 0.963. The van der Waals surface area contributed by atoms with Crippen molar-refractivity contribution >= 4 is 5.84 Å². The zero-order valence-electron chi connectivity index (χ0n) is 21.0. The summed E-state index contributed by atoms with van der Waals surface area (Å²) in [6.45, 7) is 9.80. The summed E-state index contributed by atoms with van der Waals surface area (Å²) in [6, 6.07) is 0. The molecule has 186 valence electrons. The van der Waals surface area contributed by atoms with Crippen molar-refractivity contribution < 1.29 is 15.3 Å². The van der Waals surface area contributed by atoms with Gasteiger partial charge in [0.2, 0.25) is 0 Å². The molecule has 0 aromatic heterocycles. The summed E-state index contributed by atoms with van der Waals surface area (Å²) in [6.07, 6.45) is 7.75. The highest BCUT2D eigenvalue weighted by atomic mass is 16.3. The van der Waals surface area contributed by atoms with Crippen molar-refractivity contribution in [3.63, 3.8) is 0 Å². The van der Waals surface area contributed by atoms with Crippen molar-refractivity contribution in [1.82, 2.24) is 0 Å². The second-order valence-corrected chi connectivity index (χ2v) is 12.7. The SMILES string of the molecule is CC[C@H]1[C@@H](O)C2C3CC[C@H]([C@H](C)CCC4=NCN=N4)[C@@]3(C)[C@@H](O)CC2[C@@]2(C)CC[C@@H](O)C[C@@H]12. The number of rotatable bonds is 5. The van der Waals surface area contributed by atoms with Crippen LogP contribution >= 0.6 is 0 Å². The predicted molar refractivity (Wildman–Crippen MR) is 129 cm³/mol. The van der Waals surface area contributed by atoms with Crippen molar-refractivity contribution in [3.05, 3.63) is 0 Å². The molecule has 4 fully saturated rings. The highest BCUT2D eigenvalue weighted by molar-refractivity contribution is 5.83. The molecule has 5 aliphatic rings. The van der Waals surface area contributed by atoms with Gasteiger partial charge in [0, 0.05) is 6.42 Å². The lowest BCUT2D eigenvalue weighted by atomic mass is 9.41. The van der Waals surface area contributed by atoms with Crippen molar-refractivity contribution in [2.24, 2.45) is 67.5 Å². The molecule has 0 amide bonds. The van der Waals surface area contributed by atoms with Gasteiger partial charge in [-0.2, -0.15) is 5.11 Å². The predicted octanol–water partition coefficient (Wildman–Crippen LogP) is 4.82. The topological polar surface area (TPSA) is 97.8 Å². The van der Waals surface area contributed by atoms with E-state index in [1.54, 1.807) is 0 Å². The minimum absolute atomic E-state index is 0.113. The second kappa shape index (κ2) is 8.67. The molecule has 0 bridgehead atoms. The highest BCUT2D eigenvalue weighted by Crippen LogP contribution is 2.69. The van der Waals surface area contributed by atoms with Crippen molar-refractivity contribution in [2.75, 3.05) is 6.67 Å². The Bertz CT molecular complexity index is 801. The molecule has 0 radical (unpaired) electrons. The lowest BCUT2D eigenvalue weighted by Gasteiger charge is -2.65. The van der Waals surface area contributed by atoms with Crippen LogP contribution in [0.1, 0.15) is 85.5 Å². The Morgan fingerprint density at radius 1 is 1.03 bits per heavy atom. The van der Waals surface area contributed by atoms with Gasteiger partial charge in [0.1, 0.15) is 5.84 Å². The van der Waals surface area contributed by atoms with E-state index in [0.717, 1.165) is 63.6 Å². The van der Waals surface area contributed by atoms with Gasteiger partial charge in [-0.25, -0.2) is 4.99 Å². The minimum atomic E-state index is -0.322. The van der Waals surface area contributed by atoms with Gasteiger partial charge in [-0.1, -0.05) is 34.1 Å². The molecule has 5 rings (SSSR count). The summed E-state index contributed by atoms with van der Waals surface area (Å²) in [4.78, 5) is 4.36. The molecule has 4 aliphatic carbocycles. The van der Waals surface area contributed by atoms with Crippen LogP contribution in [0.2, 0.25) is 0 Å². The van der Waals surface area contributed by atoms with Crippen LogP contribution in [0.3, 0.4) is 0 Å². The molecule has 1 aliphatic heterocycles. The van der Waals surface area contributed by atoms with Crippen LogP contribution in [0.4, 0.5) is 0 Å². The van der Waals surface area contributed by atoms with E-state index in [9.17, 15) is 15.3 Å². The van der Waals surface area contributed by atoms with Gasteiger partial charge < -0.3 is 15.3 Å². The maximum Gasteiger partial charge on any atom is 0.152 e. The Kier molecular flexibility index (Phi) is 6.27. The van der Waals surface area contributed by atoms with E-state index in [-0.39, 0.29) is 41.0 Å². The molecule has 0 saturated heterocycles. The first kappa shape index (κ1) is 23.9. The number of amidine groups is 1. The Hall–Kier alpha value is -0.850. The smallest absolute Gasteiger partial charge is 0.152 e. The molecule has 0 aromatic carbocycles. The first-order valence-electron chi connectivity index (χ1n) is 13.7. The van der Waals surface area contributed by atoms with Gasteiger partial charge in [0.15, 0.2) is 6.67 Å². The number of aliphatic hydroxyl groups is 3. The van der Waals surface area contributed by atoms with Crippen molar-refractivity contribution in [1.29, 1.82) is 0 Å². The highest BCUT2D eigenvalue weighted by Gasteiger charge is 2.67. The molecular formula is C27H45N3O3. The van der Waals surface area contributed by atoms with Gasteiger partial charge in [-0.3, -0.25) is 0 Å². The first-order chi connectivity index (χ1) is 15.7. The summed E-state index contributed by atoms with van der Waals surface area (Å²) in [5, 5.41) is 42.2. The number of fused-ring (bicyclic) bond motifs is 5. The summed E-state index contributed by atoms with van der Waals surface area (Å²) >= 11 is 0.